The van der Waals surface area contributed by atoms with E-state index in [1.165, 1.54) is 38.9 Å². The van der Waals surface area contributed by atoms with Crippen LogP contribution in [0.4, 0.5) is 4.39 Å². The zero-order valence-corrected chi connectivity index (χ0v) is 32.9. The van der Waals surface area contributed by atoms with E-state index >= 15 is 0 Å². The molecule has 1 amide bonds. The molecule has 0 aliphatic carbocycles. The Morgan fingerprint density at radius 1 is 1.00 bits per heavy atom. The van der Waals surface area contributed by atoms with Crippen LogP contribution in [-0.2, 0) is 39.8 Å². The molecule has 0 unspecified atom stereocenters. The van der Waals surface area contributed by atoms with Crippen LogP contribution in [0.5, 0.6) is 5.75 Å². The normalized spacial score (nSPS) is 16.2. The van der Waals surface area contributed by atoms with Crippen LogP contribution in [0, 0.1) is 17.8 Å². The second-order valence-electron chi connectivity index (χ2n) is 14.6. The summed E-state index contributed by atoms with van der Waals surface area (Å²) in [5, 5.41) is 14.4. The van der Waals surface area contributed by atoms with Crippen LogP contribution in [0.3, 0.4) is 0 Å². The van der Waals surface area contributed by atoms with Crippen molar-refractivity contribution < 1.29 is 47.6 Å². The average molecular weight is 746 g/mol. The standard InChI is InChI=1S/C42H64FNO9/c1-7-9-11-15-18-25-41(51-30-31-52-41)26-19-16-13-12-14-17-20-35(42(48,27-28-43)39(47)53-40(3,4)5)37(45)44-36(38(46)49-6)32-33-21-23-34(24-22-33)50-29-10-8-2/h17,20-24,35-36,48H,7,9,11-16,18-19,25-32H2,1-6H3,(H,44,45)/t35-,36+,42+/m1/s1. The van der Waals surface area contributed by atoms with Gasteiger partial charge in [-0.1, -0.05) is 75.7 Å². The average Bonchev–Trinajstić information content (AvgIpc) is 3.59. The van der Waals surface area contributed by atoms with Gasteiger partial charge in [0.1, 0.15) is 24.0 Å². The van der Waals surface area contributed by atoms with Gasteiger partial charge in [-0.2, -0.15) is 0 Å². The molecular formula is C42H64FNO9. The van der Waals surface area contributed by atoms with Gasteiger partial charge in [-0.3, -0.25) is 9.18 Å². The Balaban J connectivity index is 2.13. The fraction of sp³-hybridized carbons (Fsp3) is 0.690. The van der Waals surface area contributed by atoms with E-state index in [1.807, 2.05) is 0 Å². The predicted octanol–water partition coefficient (Wildman–Crippen LogP) is 7.34. The molecule has 1 aromatic carbocycles. The Labute approximate surface area is 316 Å². The number of unbranched alkanes of at least 4 members (excludes halogenated alkanes) is 8. The van der Waals surface area contributed by atoms with Crippen molar-refractivity contribution in [3.8, 4) is 17.6 Å². The Hall–Kier alpha value is -3.46. The number of aliphatic hydroxyl groups is 1. The first kappa shape index (κ1) is 45.7. The molecule has 0 spiro atoms. The molecule has 53 heavy (non-hydrogen) atoms. The van der Waals surface area contributed by atoms with Crippen molar-refractivity contribution in [3.05, 3.63) is 42.0 Å². The van der Waals surface area contributed by atoms with E-state index < -0.39 is 59.9 Å². The first-order valence-corrected chi connectivity index (χ1v) is 19.3. The zero-order valence-electron chi connectivity index (χ0n) is 32.9. The number of benzene rings is 1. The number of halogens is 1. The highest BCUT2D eigenvalue weighted by atomic mass is 19.1. The summed E-state index contributed by atoms with van der Waals surface area (Å²) in [4.78, 5) is 40.2. The third-order valence-electron chi connectivity index (χ3n) is 9.16. The lowest BCUT2D eigenvalue weighted by atomic mass is 9.82. The molecule has 2 N–H and O–H groups in total. The number of carbonyl (C=O) groups excluding carboxylic acids is 3. The molecule has 0 radical (unpaired) electrons. The molecule has 1 fully saturated rings. The molecule has 1 aliphatic heterocycles. The molecule has 11 heteroatoms. The Bertz CT molecular complexity index is 1320. The van der Waals surface area contributed by atoms with Crippen LogP contribution in [-0.4, -0.2) is 79.6 Å². The number of nitrogens with one attached hydrogen (secondary N) is 1. The van der Waals surface area contributed by atoms with E-state index in [-0.39, 0.29) is 13.0 Å². The quantitative estimate of drug-likeness (QED) is 0.0457. The summed E-state index contributed by atoms with van der Waals surface area (Å²) in [6.45, 7) is 9.19. The van der Waals surface area contributed by atoms with Crippen molar-refractivity contribution in [1.82, 2.24) is 5.32 Å². The SMILES string of the molecule is CC#CCOc1ccc(C[C@H](NC(=O)[C@@H](C=CCCCCCCC2(CCCCCCC)OCCO2)[C@@](O)(CCF)C(=O)OC(C)(C)C)C(=O)OC)cc1. The molecule has 1 heterocycles. The lowest BCUT2D eigenvalue weighted by molar-refractivity contribution is -0.184. The summed E-state index contributed by atoms with van der Waals surface area (Å²) >= 11 is 0. The number of alkyl halides is 1. The van der Waals surface area contributed by atoms with Crippen molar-refractivity contribution in [2.24, 2.45) is 5.92 Å². The van der Waals surface area contributed by atoms with E-state index in [0.717, 1.165) is 44.9 Å². The van der Waals surface area contributed by atoms with E-state index in [2.05, 4.69) is 24.1 Å². The summed E-state index contributed by atoms with van der Waals surface area (Å²) in [5.74, 6) is 1.45. The number of rotatable bonds is 25. The Morgan fingerprint density at radius 2 is 1.62 bits per heavy atom. The van der Waals surface area contributed by atoms with Crippen molar-refractivity contribution in [3.63, 3.8) is 0 Å². The minimum absolute atomic E-state index is 0.0497. The molecule has 3 atom stereocenters. The number of allylic oxidation sites excluding steroid dienone is 1. The van der Waals surface area contributed by atoms with Crippen molar-refractivity contribution in [2.45, 2.75) is 148 Å². The smallest absolute Gasteiger partial charge is 0.339 e. The maximum atomic E-state index is 14.0. The molecule has 0 saturated carbocycles. The van der Waals surface area contributed by atoms with Gasteiger partial charge >= 0.3 is 11.9 Å². The number of esters is 2. The van der Waals surface area contributed by atoms with Gasteiger partial charge in [-0.15, -0.1) is 5.92 Å². The van der Waals surface area contributed by atoms with E-state index in [9.17, 15) is 23.9 Å². The lowest BCUT2D eigenvalue weighted by Gasteiger charge is -2.34. The first-order chi connectivity index (χ1) is 25.3. The van der Waals surface area contributed by atoms with Gasteiger partial charge in [0.05, 0.1) is 32.9 Å². The number of hydrogen-bond acceptors (Lipinski definition) is 9. The molecule has 0 aromatic heterocycles. The minimum Gasteiger partial charge on any atom is -0.481 e. The number of hydrogen-bond donors (Lipinski definition) is 2. The van der Waals surface area contributed by atoms with Gasteiger partial charge in [0, 0.05) is 25.7 Å². The highest BCUT2D eigenvalue weighted by Crippen LogP contribution is 2.32. The molecule has 10 nitrogen and oxygen atoms in total. The molecule has 0 bridgehead atoms. The lowest BCUT2D eigenvalue weighted by Crippen LogP contribution is -2.56. The second-order valence-corrected chi connectivity index (χ2v) is 14.6. The van der Waals surface area contributed by atoms with Crippen LogP contribution in [0.25, 0.3) is 0 Å². The zero-order chi connectivity index (χ0) is 39.2. The summed E-state index contributed by atoms with van der Waals surface area (Å²) in [6, 6.07) is 5.77. The van der Waals surface area contributed by atoms with Crippen molar-refractivity contribution in [1.29, 1.82) is 0 Å². The maximum absolute atomic E-state index is 14.0. The summed E-state index contributed by atoms with van der Waals surface area (Å²) < 4.78 is 42.0. The highest BCUT2D eigenvalue weighted by molar-refractivity contribution is 5.93. The van der Waals surface area contributed by atoms with Gasteiger partial charge < -0.3 is 34.1 Å². The topological polar surface area (TPSA) is 130 Å². The van der Waals surface area contributed by atoms with Crippen LogP contribution in [0.1, 0.15) is 124 Å². The fourth-order valence-electron chi connectivity index (χ4n) is 6.26. The third kappa shape index (κ3) is 16.6. The van der Waals surface area contributed by atoms with Crippen molar-refractivity contribution >= 4 is 17.8 Å². The third-order valence-corrected chi connectivity index (χ3v) is 9.16. The Morgan fingerprint density at radius 3 is 2.19 bits per heavy atom. The second kappa shape index (κ2) is 24.0. The highest BCUT2D eigenvalue weighted by Gasteiger charge is 2.49. The van der Waals surface area contributed by atoms with Gasteiger partial charge in [0.15, 0.2) is 11.4 Å². The first-order valence-electron chi connectivity index (χ1n) is 19.3. The predicted molar refractivity (Wildman–Crippen MR) is 203 cm³/mol. The monoisotopic (exact) mass is 745 g/mol. The largest absolute Gasteiger partial charge is 0.481 e. The number of ether oxygens (including phenoxy) is 5. The molecule has 298 valence electrons. The van der Waals surface area contributed by atoms with E-state index in [1.54, 1.807) is 58.0 Å². The van der Waals surface area contributed by atoms with Crippen LogP contribution in [0.15, 0.2) is 36.4 Å². The summed E-state index contributed by atoms with van der Waals surface area (Å²) in [7, 11) is 1.20. The Kier molecular flexibility index (Phi) is 20.7. The molecule has 1 aromatic rings. The van der Waals surface area contributed by atoms with Crippen LogP contribution >= 0.6 is 0 Å². The summed E-state index contributed by atoms with van der Waals surface area (Å²) in [6.07, 6.45) is 14.4. The fourth-order valence-corrected chi connectivity index (χ4v) is 6.26. The van der Waals surface area contributed by atoms with Gasteiger partial charge in [0.25, 0.3) is 0 Å². The van der Waals surface area contributed by atoms with Crippen LogP contribution in [0.2, 0.25) is 0 Å². The minimum atomic E-state index is -2.53. The van der Waals surface area contributed by atoms with Gasteiger partial charge in [-0.05, 0) is 71.1 Å². The van der Waals surface area contributed by atoms with E-state index in [4.69, 9.17) is 23.7 Å². The molecule has 2 rings (SSSR count). The van der Waals surface area contributed by atoms with Gasteiger partial charge in [0.2, 0.25) is 5.91 Å². The molecular weight excluding hydrogens is 681 g/mol. The summed E-state index contributed by atoms with van der Waals surface area (Å²) in [5.41, 5.74) is -2.85. The number of methoxy groups -OCH3 is 1. The number of carbonyl (C=O) groups is 3. The molecule has 1 saturated heterocycles. The number of amides is 1. The van der Waals surface area contributed by atoms with Crippen LogP contribution < -0.4 is 10.1 Å². The van der Waals surface area contributed by atoms with Crippen molar-refractivity contribution in [2.75, 3.05) is 33.6 Å². The van der Waals surface area contributed by atoms with Gasteiger partial charge in [-0.25, -0.2) is 9.59 Å². The van der Waals surface area contributed by atoms with E-state index in [0.29, 0.717) is 30.9 Å². The molecule has 1 aliphatic rings. The maximum Gasteiger partial charge on any atom is 0.339 e.